The third-order valence-electron chi connectivity index (χ3n) is 4.83. The molecule has 138 valence electrons. The van der Waals surface area contributed by atoms with E-state index in [9.17, 15) is 9.59 Å². The van der Waals surface area contributed by atoms with Gasteiger partial charge in [-0.05, 0) is 26.3 Å². The fourth-order valence-electron chi connectivity index (χ4n) is 3.33. The zero-order valence-corrected chi connectivity index (χ0v) is 15.3. The molecular formula is C20H20N4O3. The van der Waals surface area contributed by atoms with Crippen molar-refractivity contribution >= 4 is 22.5 Å². The first-order chi connectivity index (χ1) is 13.0. The lowest BCUT2D eigenvalue weighted by molar-refractivity contribution is -0.124. The van der Waals surface area contributed by atoms with Crippen molar-refractivity contribution in [2.75, 3.05) is 0 Å². The van der Waals surface area contributed by atoms with Crippen LogP contribution in [0.15, 0.2) is 57.9 Å². The van der Waals surface area contributed by atoms with E-state index in [1.165, 1.54) is 4.68 Å². The van der Waals surface area contributed by atoms with Crippen LogP contribution in [-0.2, 0) is 4.79 Å². The maximum atomic E-state index is 12.9. The minimum Gasteiger partial charge on any atom is -0.463 e. The Morgan fingerprint density at radius 1 is 1.15 bits per heavy atom. The van der Waals surface area contributed by atoms with E-state index in [0.29, 0.717) is 16.9 Å². The van der Waals surface area contributed by atoms with Crippen molar-refractivity contribution in [1.29, 1.82) is 0 Å². The molecule has 0 spiro atoms. The van der Waals surface area contributed by atoms with Gasteiger partial charge < -0.3 is 9.73 Å². The number of rotatable bonds is 4. The zero-order valence-electron chi connectivity index (χ0n) is 15.3. The van der Waals surface area contributed by atoms with E-state index in [0.717, 1.165) is 11.1 Å². The number of hydrogen-bond donors (Lipinski definition) is 1. The Hall–Kier alpha value is -3.35. The summed E-state index contributed by atoms with van der Waals surface area (Å²) in [7, 11) is 0. The summed E-state index contributed by atoms with van der Waals surface area (Å²) in [5.41, 5.74) is 2.50. The van der Waals surface area contributed by atoms with Crippen LogP contribution in [0.5, 0.6) is 0 Å². The van der Waals surface area contributed by atoms with Crippen LogP contribution in [0.2, 0.25) is 0 Å². The lowest BCUT2D eigenvalue weighted by atomic mass is 10.1. The molecule has 0 saturated carbocycles. The Balaban J connectivity index is 1.68. The van der Waals surface area contributed by atoms with E-state index >= 15 is 0 Å². The van der Waals surface area contributed by atoms with Crippen molar-refractivity contribution in [3.8, 4) is 0 Å². The standard InChI is InChI=1S/C20H20N4O3/c1-12(15-7-5-4-6-8-15)21-19(25)13(2)24-20(26)17-11-18-16(9-10-27-18)23(17)14(3)22-24/h4-13H,1-3H3,(H,21,25)/t12-,13-/m0/s1. The summed E-state index contributed by atoms with van der Waals surface area (Å²) in [6.45, 7) is 5.38. The predicted octanol–water partition coefficient (Wildman–Crippen LogP) is 2.99. The van der Waals surface area contributed by atoms with E-state index in [1.807, 2.05) is 37.3 Å². The fraction of sp³-hybridized carbons (Fsp3) is 0.250. The lowest BCUT2D eigenvalue weighted by Crippen LogP contribution is -2.39. The number of nitrogens with one attached hydrogen (secondary N) is 1. The molecular weight excluding hydrogens is 344 g/mol. The number of aromatic nitrogens is 3. The molecule has 0 radical (unpaired) electrons. The van der Waals surface area contributed by atoms with Gasteiger partial charge in [0.1, 0.15) is 17.4 Å². The SMILES string of the molecule is Cc1nn([C@@H](C)C(=O)N[C@@H](C)c2ccccc2)c(=O)c2cc3occc3n12. The highest BCUT2D eigenvalue weighted by Gasteiger charge is 2.22. The second-order valence-corrected chi connectivity index (χ2v) is 6.65. The highest BCUT2D eigenvalue weighted by molar-refractivity contribution is 5.83. The van der Waals surface area contributed by atoms with Crippen LogP contribution < -0.4 is 10.9 Å². The van der Waals surface area contributed by atoms with Crippen LogP contribution in [0.3, 0.4) is 0 Å². The maximum absolute atomic E-state index is 12.9. The molecule has 0 saturated heterocycles. The van der Waals surface area contributed by atoms with Crippen molar-refractivity contribution in [2.45, 2.75) is 32.9 Å². The van der Waals surface area contributed by atoms with Crippen LogP contribution in [0.1, 0.15) is 37.3 Å². The smallest absolute Gasteiger partial charge is 0.291 e. The molecule has 2 atom stereocenters. The van der Waals surface area contributed by atoms with E-state index in [4.69, 9.17) is 4.42 Å². The highest BCUT2D eigenvalue weighted by atomic mass is 16.3. The molecule has 4 rings (SSSR count). The molecule has 1 amide bonds. The van der Waals surface area contributed by atoms with Gasteiger partial charge in [-0.1, -0.05) is 30.3 Å². The molecule has 1 N–H and O–H groups in total. The summed E-state index contributed by atoms with van der Waals surface area (Å²) in [6, 6.07) is 12.2. The number of aryl methyl sites for hydroxylation is 1. The van der Waals surface area contributed by atoms with Gasteiger partial charge in [-0.2, -0.15) is 5.10 Å². The number of carbonyl (C=O) groups excluding carboxylic acids is 1. The fourth-order valence-corrected chi connectivity index (χ4v) is 3.33. The molecule has 3 heterocycles. The van der Waals surface area contributed by atoms with E-state index in [1.54, 1.807) is 36.6 Å². The van der Waals surface area contributed by atoms with Crippen molar-refractivity contribution in [2.24, 2.45) is 0 Å². The highest BCUT2D eigenvalue weighted by Crippen LogP contribution is 2.20. The van der Waals surface area contributed by atoms with Gasteiger partial charge >= 0.3 is 0 Å². The van der Waals surface area contributed by atoms with Crippen molar-refractivity contribution in [3.63, 3.8) is 0 Å². The van der Waals surface area contributed by atoms with Gasteiger partial charge in [0, 0.05) is 12.1 Å². The molecule has 0 fully saturated rings. The third kappa shape index (κ3) is 2.81. The van der Waals surface area contributed by atoms with Gasteiger partial charge in [-0.3, -0.25) is 14.0 Å². The Labute approximate surface area is 155 Å². The minimum atomic E-state index is -0.742. The van der Waals surface area contributed by atoms with Gasteiger partial charge in [0.15, 0.2) is 5.58 Å². The summed E-state index contributed by atoms with van der Waals surface area (Å²) in [5.74, 6) is 0.344. The molecule has 0 aliphatic carbocycles. The molecule has 3 aromatic heterocycles. The van der Waals surface area contributed by atoms with Crippen LogP contribution in [0.25, 0.3) is 16.6 Å². The molecule has 7 heteroatoms. The van der Waals surface area contributed by atoms with Gasteiger partial charge in [-0.25, -0.2) is 4.68 Å². The monoisotopic (exact) mass is 364 g/mol. The molecule has 1 aromatic carbocycles. The molecule has 7 nitrogen and oxygen atoms in total. The summed E-state index contributed by atoms with van der Waals surface area (Å²) in [6.07, 6.45) is 1.57. The summed E-state index contributed by atoms with van der Waals surface area (Å²) >= 11 is 0. The number of nitrogens with zero attached hydrogens (tertiary/aromatic N) is 3. The van der Waals surface area contributed by atoms with E-state index < -0.39 is 6.04 Å². The Kier molecular flexibility index (Phi) is 4.07. The first-order valence-corrected chi connectivity index (χ1v) is 8.81. The van der Waals surface area contributed by atoms with Gasteiger partial charge in [0.2, 0.25) is 5.91 Å². The second-order valence-electron chi connectivity index (χ2n) is 6.65. The Morgan fingerprint density at radius 3 is 2.63 bits per heavy atom. The average molecular weight is 364 g/mol. The quantitative estimate of drug-likeness (QED) is 0.604. The summed E-state index contributed by atoms with van der Waals surface area (Å²) < 4.78 is 8.36. The number of hydrogen-bond acceptors (Lipinski definition) is 4. The van der Waals surface area contributed by atoms with Crippen molar-refractivity contribution < 1.29 is 9.21 Å². The maximum Gasteiger partial charge on any atom is 0.291 e. The first kappa shape index (κ1) is 17.1. The Morgan fingerprint density at radius 2 is 1.89 bits per heavy atom. The van der Waals surface area contributed by atoms with Crippen LogP contribution in [0, 0.1) is 6.92 Å². The normalized spacial score (nSPS) is 13.7. The van der Waals surface area contributed by atoms with Crippen LogP contribution in [-0.4, -0.2) is 20.1 Å². The summed E-state index contributed by atoms with van der Waals surface area (Å²) in [4.78, 5) is 25.6. The predicted molar refractivity (Wildman–Crippen MR) is 102 cm³/mol. The topological polar surface area (TPSA) is 81.5 Å². The molecule has 0 aliphatic heterocycles. The first-order valence-electron chi connectivity index (χ1n) is 8.81. The van der Waals surface area contributed by atoms with Gasteiger partial charge in [0.05, 0.1) is 17.8 Å². The minimum absolute atomic E-state index is 0.169. The molecule has 0 unspecified atom stereocenters. The number of furan rings is 1. The number of amides is 1. The number of fused-ring (bicyclic) bond motifs is 3. The Bertz CT molecular complexity index is 1190. The van der Waals surface area contributed by atoms with Crippen molar-refractivity contribution in [1.82, 2.24) is 19.5 Å². The third-order valence-corrected chi connectivity index (χ3v) is 4.83. The number of benzene rings is 1. The van der Waals surface area contributed by atoms with E-state index in [2.05, 4.69) is 10.4 Å². The molecule has 0 bridgehead atoms. The number of carbonyl (C=O) groups is 1. The lowest BCUT2D eigenvalue weighted by Gasteiger charge is -2.19. The average Bonchev–Trinajstić information content (AvgIpc) is 3.26. The molecule has 0 aliphatic rings. The van der Waals surface area contributed by atoms with Crippen molar-refractivity contribution in [3.05, 3.63) is 70.5 Å². The molecule has 4 aromatic rings. The van der Waals surface area contributed by atoms with Gasteiger partial charge in [0.25, 0.3) is 5.56 Å². The van der Waals surface area contributed by atoms with Gasteiger partial charge in [-0.15, -0.1) is 0 Å². The van der Waals surface area contributed by atoms with Crippen LogP contribution >= 0.6 is 0 Å². The van der Waals surface area contributed by atoms with Crippen LogP contribution in [0.4, 0.5) is 0 Å². The second kappa shape index (κ2) is 6.42. The molecule has 27 heavy (non-hydrogen) atoms. The largest absolute Gasteiger partial charge is 0.463 e. The zero-order chi connectivity index (χ0) is 19.1. The van der Waals surface area contributed by atoms with E-state index in [-0.39, 0.29) is 17.5 Å². The summed E-state index contributed by atoms with van der Waals surface area (Å²) in [5, 5.41) is 7.32.